The maximum Gasteiger partial charge on any atom is 0.0669 e. The molecule has 1 N–H and O–H groups in total. The van der Waals surface area contributed by atoms with E-state index in [0.717, 1.165) is 6.54 Å². The summed E-state index contributed by atoms with van der Waals surface area (Å²) in [5, 5.41) is 3.45. The van der Waals surface area contributed by atoms with Crippen molar-refractivity contribution in [3.05, 3.63) is 29.6 Å². The summed E-state index contributed by atoms with van der Waals surface area (Å²) >= 11 is 0. The van der Waals surface area contributed by atoms with Gasteiger partial charge in [-0.2, -0.15) is 0 Å². The molecule has 1 rings (SSSR count). The quantitative estimate of drug-likeness (QED) is 0.853. The van der Waals surface area contributed by atoms with Gasteiger partial charge in [0.25, 0.3) is 0 Å². The first-order chi connectivity index (χ1) is 7.94. The molecule has 0 aliphatic carbocycles. The first-order valence-corrected chi connectivity index (χ1v) is 6.22. The Bertz CT molecular complexity index is 344. The first kappa shape index (κ1) is 14.1. The minimum atomic E-state index is -0.107. The predicted octanol–water partition coefficient (Wildman–Crippen LogP) is 2.86. The molecule has 3 heteroatoms. The Kier molecular flexibility index (Phi) is 5.09. The maximum atomic E-state index is 5.86. The van der Waals surface area contributed by atoms with Crippen molar-refractivity contribution in [1.82, 2.24) is 10.3 Å². The van der Waals surface area contributed by atoms with Gasteiger partial charge in [-0.1, -0.05) is 6.92 Å². The Hall–Kier alpha value is -0.930. The molecule has 1 aromatic heterocycles. The molecule has 0 aliphatic heterocycles. The lowest BCUT2D eigenvalue weighted by molar-refractivity contribution is -0.0147. The van der Waals surface area contributed by atoms with Crippen LogP contribution in [0.25, 0.3) is 0 Å². The SMILES string of the molecule is CCNC(COC(C)(C)C)c1cnccc1C. The minimum absolute atomic E-state index is 0.107. The lowest BCUT2D eigenvalue weighted by atomic mass is 10.0. The molecule has 0 saturated heterocycles. The summed E-state index contributed by atoms with van der Waals surface area (Å²) in [7, 11) is 0. The molecule has 0 radical (unpaired) electrons. The third-order valence-corrected chi connectivity index (χ3v) is 2.59. The fraction of sp³-hybridized carbons (Fsp3) is 0.643. The van der Waals surface area contributed by atoms with Crippen LogP contribution in [0.2, 0.25) is 0 Å². The minimum Gasteiger partial charge on any atom is -0.374 e. The van der Waals surface area contributed by atoms with Crippen molar-refractivity contribution in [2.75, 3.05) is 13.2 Å². The van der Waals surface area contributed by atoms with E-state index in [9.17, 15) is 0 Å². The van der Waals surface area contributed by atoms with Gasteiger partial charge in [-0.05, 0) is 51.4 Å². The number of aromatic nitrogens is 1. The molecule has 1 aromatic rings. The second kappa shape index (κ2) is 6.12. The van der Waals surface area contributed by atoms with Crippen molar-refractivity contribution < 1.29 is 4.74 Å². The van der Waals surface area contributed by atoms with E-state index < -0.39 is 0 Å². The number of aryl methyl sites for hydroxylation is 1. The molecule has 1 atom stereocenters. The molecule has 0 fully saturated rings. The van der Waals surface area contributed by atoms with Crippen LogP contribution in [-0.4, -0.2) is 23.7 Å². The third kappa shape index (κ3) is 4.84. The zero-order chi connectivity index (χ0) is 12.9. The van der Waals surface area contributed by atoms with Crippen LogP contribution in [0.4, 0.5) is 0 Å². The Labute approximate surface area is 105 Å². The van der Waals surface area contributed by atoms with Crippen molar-refractivity contribution in [2.24, 2.45) is 0 Å². The smallest absolute Gasteiger partial charge is 0.0669 e. The molecule has 0 amide bonds. The Morgan fingerprint density at radius 3 is 2.65 bits per heavy atom. The Morgan fingerprint density at radius 2 is 2.12 bits per heavy atom. The van der Waals surface area contributed by atoms with Crippen LogP contribution in [0.1, 0.15) is 44.9 Å². The van der Waals surface area contributed by atoms with E-state index in [0.29, 0.717) is 6.61 Å². The highest BCUT2D eigenvalue weighted by atomic mass is 16.5. The van der Waals surface area contributed by atoms with Gasteiger partial charge < -0.3 is 10.1 Å². The maximum absolute atomic E-state index is 5.86. The van der Waals surface area contributed by atoms with Crippen LogP contribution in [0, 0.1) is 6.92 Å². The third-order valence-electron chi connectivity index (χ3n) is 2.59. The summed E-state index contributed by atoms with van der Waals surface area (Å²) in [6, 6.07) is 2.25. The summed E-state index contributed by atoms with van der Waals surface area (Å²) in [5.41, 5.74) is 2.37. The van der Waals surface area contributed by atoms with Gasteiger partial charge in [0.05, 0.1) is 18.2 Å². The molecule has 0 spiro atoms. The fourth-order valence-electron chi connectivity index (χ4n) is 1.68. The van der Waals surface area contributed by atoms with Gasteiger partial charge in [-0.15, -0.1) is 0 Å². The standard InChI is InChI=1S/C14H24N2O/c1-6-16-13(10-17-14(3,4)5)12-9-15-8-7-11(12)2/h7-9,13,16H,6,10H2,1-5H3. The average molecular weight is 236 g/mol. The average Bonchev–Trinajstić information content (AvgIpc) is 2.24. The lowest BCUT2D eigenvalue weighted by Gasteiger charge is -2.26. The summed E-state index contributed by atoms with van der Waals surface area (Å²) in [6.07, 6.45) is 3.75. The van der Waals surface area contributed by atoms with Gasteiger partial charge in [0, 0.05) is 12.4 Å². The van der Waals surface area contributed by atoms with E-state index in [1.54, 1.807) is 0 Å². The molecule has 3 nitrogen and oxygen atoms in total. The molecule has 1 unspecified atom stereocenters. The number of likely N-dealkylation sites (N-methyl/N-ethyl adjacent to an activating group) is 1. The van der Waals surface area contributed by atoms with Crippen LogP contribution in [0.15, 0.2) is 18.5 Å². The molecule has 17 heavy (non-hydrogen) atoms. The van der Waals surface area contributed by atoms with E-state index >= 15 is 0 Å². The van der Waals surface area contributed by atoms with Crippen molar-refractivity contribution in [3.8, 4) is 0 Å². The lowest BCUT2D eigenvalue weighted by Crippen LogP contribution is -2.30. The number of hydrogen-bond acceptors (Lipinski definition) is 3. The van der Waals surface area contributed by atoms with Crippen molar-refractivity contribution in [1.29, 1.82) is 0 Å². The highest BCUT2D eigenvalue weighted by molar-refractivity contribution is 5.25. The summed E-state index contributed by atoms with van der Waals surface area (Å²) in [5.74, 6) is 0. The summed E-state index contributed by atoms with van der Waals surface area (Å²) in [4.78, 5) is 4.20. The zero-order valence-electron chi connectivity index (χ0n) is 11.6. The van der Waals surface area contributed by atoms with E-state index in [2.05, 4.69) is 44.9 Å². The molecule has 1 heterocycles. The number of ether oxygens (including phenoxy) is 1. The second-order valence-corrected chi connectivity index (χ2v) is 5.27. The second-order valence-electron chi connectivity index (χ2n) is 5.27. The monoisotopic (exact) mass is 236 g/mol. The molecular formula is C14H24N2O. The Morgan fingerprint density at radius 1 is 1.41 bits per heavy atom. The number of hydrogen-bond donors (Lipinski definition) is 1. The van der Waals surface area contributed by atoms with E-state index in [1.165, 1.54) is 11.1 Å². The normalized spacial score (nSPS) is 13.7. The van der Waals surface area contributed by atoms with Crippen LogP contribution in [-0.2, 0) is 4.74 Å². The largest absolute Gasteiger partial charge is 0.374 e. The van der Waals surface area contributed by atoms with Crippen LogP contribution >= 0.6 is 0 Å². The number of rotatable bonds is 5. The van der Waals surface area contributed by atoms with Crippen molar-refractivity contribution >= 4 is 0 Å². The van der Waals surface area contributed by atoms with Gasteiger partial charge in [0.1, 0.15) is 0 Å². The molecule has 96 valence electrons. The predicted molar refractivity (Wildman–Crippen MR) is 71.1 cm³/mol. The molecule has 0 aliphatic rings. The van der Waals surface area contributed by atoms with Crippen LogP contribution in [0.5, 0.6) is 0 Å². The zero-order valence-corrected chi connectivity index (χ0v) is 11.6. The first-order valence-electron chi connectivity index (χ1n) is 6.22. The van der Waals surface area contributed by atoms with Gasteiger partial charge in [0.2, 0.25) is 0 Å². The van der Waals surface area contributed by atoms with Gasteiger partial charge in [0.15, 0.2) is 0 Å². The number of pyridine rings is 1. The van der Waals surface area contributed by atoms with Crippen molar-refractivity contribution in [3.63, 3.8) is 0 Å². The molecule has 0 saturated carbocycles. The van der Waals surface area contributed by atoms with Gasteiger partial charge in [-0.25, -0.2) is 0 Å². The van der Waals surface area contributed by atoms with Gasteiger partial charge >= 0.3 is 0 Å². The van der Waals surface area contributed by atoms with E-state index in [4.69, 9.17) is 4.74 Å². The summed E-state index contributed by atoms with van der Waals surface area (Å²) < 4.78 is 5.86. The number of nitrogens with one attached hydrogen (secondary N) is 1. The van der Waals surface area contributed by atoms with Gasteiger partial charge in [-0.3, -0.25) is 4.98 Å². The molecular weight excluding hydrogens is 212 g/mol. The molecule has 0 aromatic carbocycles. The van der Waals surface area contributed by atoms with Crippen LogP contribution in [0.3, 0.4) is 0 Å². The Balaban J connectivity index is 2.75. The fourth-order valence-corrected chi connectivity index (χ4v) is 1.68. The van der Waals surface area contributed by atoms with E-state index in [-0.39, 0.29) is 11.6 Å². The summed E-state index contributed by atoms with van der Waals surface area (Å²) in [6.45, 7) is 12.0. The van der Waals surface area contributed by atoms with Crippen molar-refractivity contribution in [2.45, 2.75) is 46.3 Å². The topological polar surface area (TPSA) is 34.1 Å². The number of nitrogens with zero attached hydrogens (tertiary/aromatic N) is 1. The highest BCUT2D eigenvalue weighted by Gasteiger charge is 2.17. The molecule has 0 bridgehead atoms. The van der Waals surface area contributed by atoms with E-state index in [1.807, 2.05) is 18.5 Å². The van der Waals surface area contributed by atoms with Crippen LogP contribution < -0.4 is 5.32 Å². The highest BCUT2D eigenvalue weighted by Crippen LogP contribution is 2.19.